The molecule has 2 aliphatic rings. The Hall–Kier alpha value is -2.03. The zero-order valence-corrected chi connectivity index (χ0v) is 14.0. The van der Waals surface area contributed by atoms with Gasteiger partial charge in [-0.1, -0.05) is 0 Å². The van der Waals surface area contributed by atoms with Crippen LogP contribution in [0.4, 0.5) is 4.39 Å². The number of ether oxygens (including phenoxy) is 1. The van der Waals surface area contributed by atoms with Crippen LogP contribution in [0.25, 0.3) is 0 Å². The predicted molar refractivity (Wildman–Crippen MR) is 81.5 cm³/mol. The third-order valence-electron chi connectivity index (χ3n) is 4.60. The van der Waals surface area contributed by atoms with Gasteiger partial charge in [0.2, 0.25) is 5.91 Å². The van der Waals surface area contributed by atoms with Crippen molar-refractivity contribution in [1.29, 1.82) is 0 Å². The van der Waals surface area contributed by atoms with Crippen LogP contribution in [-0.2, 0) is 34.0 Å². The van der Waals surface area contributed by atoms with Crippen LogP contribution in [0.2, 0.25) is 0 Å². The second-order valence-corrected chi connectivity index (χ2v) is 6.51. The first-order valence-corrected chi connectivity index (χ1v) is 8.08. The topological polar surface area (TPSA) is 80.6 Å². The van der Waals surface area contributed by atoms with Gasteiger partial charge in [0.15, 0.2) is 17.3 Å². The van der Waals surface area contributed by atoms with Gasteiger partial charge in [-0.2, -0.15) is 0 Å². The number of alkyl halides is 1. The molecule has 2 amide bonds. The molecule has 2 heterocycles. The van der Waals surface area contributed by atoms with Crippen molar-refractivity contribution in [3.05, 3.63) is 11.6 Å². The van der Waals surface area contributed by atoms with Crippen LogP contribution in [0.3, 0.4) is 0 Å². The molecule has 0 atom stereocenters. The lowest BCUT2D eigenvalue weighted by Crippen LogP contribution is -2.52. The Kier molecular flexibility index (Phi) is 4.53. The highest BCUT2D eigenvalue weighted by molar-refractivity contribution is 5.86. The van der Waals surface area contributed by atoms with E-state index in [9.17, 15) is 14.0 Å². The molecule has 1 aromatic heterocycles. The molecule has 0 aromatic carbocycles. The fourth-order valence-corrected chi connectivity index (χ4v) is 2.84. The van der Waals surface area contributed by atoms with Gasteiger partial charge in [0.25, 0.3) is 5.91 Å². The Morgan fingerprint density at radius 2 is 2.04 bits per heavy atom. The minimum Gasteiger partial charge on any atom is -0.364 e. The number of fused-ring (bicyclic) bond motifs is 1. The molecule has 132 valence electrons. The summed E-state index contributed by atoms with van der Waals surface area (Å²) in [5.74, 6) is 0.675. The van der Waals surface area contributed by atoms with Crippen molar-refractivity contribution in [3.8, 4) is 0 Å². The van der Waals surface area contributed by atoms with Crippen LogP contribution in [0, 0.1) is 0 Å². The van der Waals surface area contributed by atoms with E-state index in [4.69, 9.17) is 4.74 Å². The van der Waals surface area contributed by atoms with E-state index in [0.29, 0.717) is 37.6 Å². The van der Waals surface area contributed by atoms with Gasteiger partial charge >= 0.3 is 0 Å². The molecule has 1 aliphatic heterocycles. The second-order valence-electron chi connectivity index (χ2n) is 6.51. The maximum Gasteiger partial charge on any atom is 0.260 e. The van der Waals surface area contributed by atoms with Gasteiger partial charge in [-0.25, -0.2) is 4.39 Å². The van der Waals surface area contributed by atoms with Crippen molar-refractivity contribution in [3.63, 3.8) is 0 Å². The number of likely N-dealkylation sites (N-methyl/N-ethyl adjacent to an activating group) is 1. The Morgan fingerprint density at radius 3 is 2.67 bits per heavy atom. The lowest BCUT2D eigenvalue weighted by molar-refractivity contribution is -0.151. The molecule has 1 saturated carbocycles. The number of halogens is 1. The average Bonchev–Trinajstić information content (AvgIpc) is 2.94. The minimum atomic E-state index is -1.68. The number of hydrogen-bond donors (Lipinski definition) is 0. The van der Waals surface area contributed by atoms with Crippen LogP contribution in [0.5, 0.6) is 0 Å². The van der Waals surface area contributed by atoms with Crippen molar-refractivity contribution in [2.45, 2.75) is 44.6 Å². The zero-order chi connectivity index (χ0) is 17.3. The minimum absolute atomic E-state index is 0.0236. The molecule has 0 N–H and O–H groups in total. The van der Waals surface area contributed by atoms with Crippen molar-refractivity contribution in [1.82, 2.24) is 24.6 Å². The van der Waals surface area contributed by atoms with Gasteiger partial charge in [0, 0.05) is 27.2 Å². The standard InChI is InChI=1S/C15H22FN5O3/c1-19(2)13(22)10-24-9-12-18-17-11-8-20(6-7-21(11)12)14(23)15(16)4-3-5-15/h3-10H2,1-2H3. The first kappa shape index (κ1) is 16.8. The summed E-state index contributed by atoms with van der Waals surface area (Å²) >= 11 is 0. The quantitative estimate of drug-likeness (QED) is 0.761. The first-order chi connectivity index (χ1) is 11.4. The van der Waals surface area contributed by atoms with Crippen LogP contribution in [0.15, 0.2) is 0 Å². The fourth-order valence-electron chi connectivity index (χ4n) is 2.84. The van der Waals surface area contributed by atoms with Crippen LogP contribution < -0.4 is 0 Å². The van der Waals surface area contributed by atoms with Crippen molar-refractivity contribution in [2.24, 2.45) is 0 Å². The molecule has 0 spiro atoms. The van der Waals surface area contributed by atoms with Crippen molar-refractivity contribution >= 4 is 11.8 Å². The molecule has 0 saturated heterocycles. The SMILES string of the molecule is CN(C)C(=O)COCc1nnc2n1CCN(C(=O)C1(F)CCC1)C2. The largest absolute Gasteiger partial charge is 0.364 e. The summed E-state index contributed by atoms with van der Waals surface area (Å²) in [6, 6.07) is 0. The molecule has 1 fully saturated rings. The van der Waals surface area contributed by atoms with E-state index in [1.807, 2.05) is 4.57 Å². The third kappa shape index (κ3) is 3.12. The normalized spacial score (nSPS) is 18.7. The van der Waals surface area contributed by atoms with Crippen molar-refractivity contribution < 1.29 is 18.7 Å². The van der Waals surface area contributed by atoms with Crippen LogP contribution in [-0.4, -0.2) is 69.3 Å². The summed E-state index contributed by atoms with van der Waals surface area (Å²) in [5, 5.41) is 8.13. The lowest BCUT2D eigenvalue weighted by atomic mass is 9.81. The van der Waals surface area contributed by atoms with Gasteiger partial charge in [0.05, 0.1) is 6.54 Å². The number of hydrogen-bond acceptors (Lipinski definition) is 5. The van der Waals surface area contributed by atoms with E-state index in [0.717, 1.165) is 6.42 Å². The predicted octanol–water partition coefficient (Wildman–Crippen LogP) is 0.117. The van der Waals surface area contributed by atoms with Crippen molar-refractivity contribution in [2.75, 3.05) is 27.2 Å². The van der Waals surface area contributed by atoms with Gasteiger partial charge in [0.1, 0.15) is 13.2 Å². The number of carbonyl (C=O) groups is 2. The third-order valence-corrected chi connectivity index (χ3v) is 4.60. The van der Waals surface area contributed by atoms with Gasteiger partial charge < -0.3 is 19.1 Å². The molecule has 9 heteroatoms. The maximum atomic E-state index is 14.3. The average molecular weight is 339 g/mol. The first-order valence-electron chi connectivity index (χ1n) is 8.08. The van der Waals surface area contributed by atoms with E-state index in [1.165, 1.54) is 9.80 Å². The Bertz CT molecular complexity index is 641. The molecule has 1 aromatic rings. The highest BCUT2D eigenvalue weighted by Crippen LogP contribution is 2.38. The Morgan fingerprint density at radius 1 is 1.29 bits per heavy atom. The zero-order valence-electron chi connectivity index (χ0n) is 14.0. The molecular formula is C15H22FN5O3. The molecular weight excluding hydrogens is 317 g/mol. The van der Waals surface area contributed by atoms with E-state index < -0.39 is 11.6 Å². The Balaban J connectivity index is 1.58. The molecule has 0 bridgehead atoms. The fraction of sp³-hybridized carbons (Fsp3) is 0.733. The van der Waals surface area contributed by atoms with Gasteiger partial charge in [-0.05, 0) is 19.3 Å². The summed E-state index contributed by atoms with van der Waals surface area (Å²) in [7, 11) is 3.33. The highest BCUT2D eigenvalue weighted by atomic mass is 19.1. The molecule has 8 nitrogen and oxygen atoms in total. The van der Waals surface area contributed by atoms with E-state index >= 15 is 0 Å². The molecule has 1 aliphatic carbocycles. The summed E-state index contributed by atoms with van der Waals surface area (Å²) in [6.07, 6.45) is 1.39. The monoisotopic (exact) mass is 339 g/mol. The number of nitrogens with zero attached hydrogens (tertiary/aromatic N) is 5. The van der Waals surface area contributed by atoms with E-state index in [2.05, 4.69) is 10.2 Å². The highest BCUT2D eigenvalue weighted by Gasteiger charge is 2.47. The molecule has 24 heavy (non-hydrogen) atoms. The smallest absolute Gasteiger partial charge is 0.260 e. The molecule has 0 radical (unpaired) electrons. The number of carbonyl (C=O) groups excluding carboxylic acids is 2. The molecule has 0 unspecified atom stereocenters. The second kappa shape index (κ2) is 6.46. The summed E-state index contributed by atoms with van der Waals surface area (Å²) < 4.78 is 21.5. The maximum absolute atomic E-state index is 14.3. The summed E-state index contributed by atoms with van der Waals surface area (Å²) in [6.45, 7) is 1.34. The van der Waals surface area contributed by atoms with Crippen LogP contribution in [0.1, 0.15) is 30.9 Å². The van der Waals surface area contributed by atoms with Gasteiger partial charge in [-0.3, -0.25) is 9.59 Å². The van der Waals surface area contributed by atoms with Gasteiger partial charge in [-0.15, -0.1) is 10.2 Å². The summed E-state index contributed by atoms with van der Waals surface area (Å²) in [5.41, 5.74) is -1.68. The van der Waals surface area contributed by atoms with Crippen LogP contribution >= 0.6 is 0 Å². The number of aromatic nitrogens is 3. The summed E-state index contributed by atoms with van der Waals surface area (Å²) in [4.78, 5) is 26.7. The lowest BCUT2D eigenvalue weighted by Gasteiger charge is -2.38. The Labute approximate surface area is 139 Å². The number of rotatable bonds is 5. The molecule has 3 rings (SSSR count). The van der Waals surface area contributed by atoms with E-state index in [-0.39, 0.29) is 25.7 Å². The number of amides is 2. The van der Waals surface area contributed by atoms with E-state index in [1.54, 1.807) is 14.1 Å².